The summed E-state index contributed by atoms with van der Waals surface area (Å²) < 4.78 is 11.0. The van der Waals surface area contributed by atoms with E-state index in [0.29, 0.717) is 11.0 Å². The number of nitrogens with one attached hydrogen (secondary N) is 1. The van der Waals surface area contributed by atoms with Gasteiger partial charge in [-0.25, -0.2) is 4.98 Å². The molecule has 0 spiro atoms. The zero-order valence-corrected chi connectivity index (χ0v) is 17.4. The van der Waals surface area contributed by atoms with E-state index in [1.807, 2.05) is 48.5 Å². The maximum absolute atomic E-state index is 5.68. The van der Waals surface area contributed by atoms with Gasteiger partial charge in [0, 0.05) is 31.6 Å². The van der Waals surface area contributed by atoms with E-state index in [2.05, 4.69) is 26.2 Å². The Bertz CT molecular complexity index is 1020. The van der Waals surface area contributed by atoms with E-state index in [-0.39, 0.29) is 0 Å². The average molecular weight is 409 g/mol. The molecule has 4 rings (SSSR count). The fourth-order valence-corrected chi connectivity index (χ4v) is 3.87. The molecule has 0 atom stereocenters. The summed E-state index contributed by atoms with van der Waals surface area (Å²) in [7, 11) is 3.33. The smallest absolute Gasteiger partial charge is 0.238 e. The van der Waals surface area contributed by atoms with E-state index in [0.717, 1.165) is 54.2 Å². The second kappa shape index (κ2) is 8.53. The van der Waals surface area contributed by atoms with Gasteiger partial charge in [-0.15, -0.1) is 0 Å². The molecule has 6 nitrogen and oxygen atoms in total. The minimum Gasteiger partial charge on any atom is -0.495 e. The first-order chi connectivity index (χ1) is 14.2. The van der Waals surface area contributed by atoms with Crippen LogP contribution >= 0.6 is 12.2 Å². The predicted molar refractivity (Wildman–Crippen MR) is 121 cm³/mol. The van der Waals surface area contributed by atoms with Gasteiger partial charge >= 0.3 is 0 Å². The molecule has 7 heteroatoms. The highest BCUT2D eigenvalue weighted by Crippen LogP contribution is 2.29. The van der Waals surface area contributed by atoms with Crippen LogP contribution in [0.3, 0.4) is 0 Å². The van der Waals surface area contributed by atoms with Gasteiger partial charge in [0.05, 0.1) is 25.4 Å². The number of anilines is 2. The number of nitrogens with zero attached hydrogens (tertiary/aromatic N) is 3. The number of pyridine rings is 1. The van der Waals surface area contributed by atoms with Gasteiger partial charge in [0.25, 0.3) is 0 Å². The van der Waals surface area contributed by atoms with Crippen LogP contribution in [0.15, 0.2) is 54.6 Å². The number of hydrogen-bond donors (Lipinski definition) is 1. The Kier molecular flexibility index (Phi) is 5.67. The number of piperazine rings is 1. The maximum atomic E-state index is 5.68. The van der Waals surface area contributed by atoms with Crippen molar-refractivity contribution in [3.63, 3.8) is 0 Å². The molecule has 29 heavy (non-hydrogen) atoms. The molecule has 0 amide bonds. The summed E-state index contributed by atoms with van der Waals surface area (Å²) in [5, 5.41) is 5.05. The molecule has 1 fully saturated rings. The zero-order valence-electron chi connectivity index (χ0n) is 16.6. The Labute approximate surface area is 176 Å². The van der Waals surface area contributed by atoms with Crippen molar-refractivity contribution in [3.05, 3.63) is 54.6 Å². The van der Waals surface area contributed by atoms with Gasteiger partial charge in [-0.05, 0) is 36.5 Å². The summed E-state index contributed by atoms with van der Waals surface area (Å²) in [5.41, 5.74) is 2.79. The molecule has 1 N–H and O–H groups in total. The highest BCUT2D eigenvalue weighted by atomic mass is 32.1. The summed E-state index contributed by atoms with van der Waals surface area (Å²) in [6.45, 7) is 3.39. The molecule has 0 saturated carbocycles. The van der Waals surface area contributed by atoms with E-state index >= 15 is 0 Å². The van der Waals surface area contributed by atoms with Gasteiger partial charge in [0.1, 0.15) is 11.4 Å². The number of rotatable bonds is 4. The van der Waals surface area contributed by atoms with Gasteiger partial charge < -0.3 is 24.6 Å². The number of para-hydroxylation sites is 3. The Morgan fingerprint density at radius 2 is 1.69 bits per heavy atom. The van der Waals surface area contributed by atoms with Crippen LogP contribution in [0.5, 0.6) is 11.6 Å². The topological polar surface area (TPSA) is 49.9 Å². The fourth-order valence-electron chi connectivity index (χ4n) is 3.58. The minimum atomic E-state index is 0.540. The Morgan fingerprint density at radius 3 is 2.45 bits per heavy atom. The van der Waals surface area contributed by atoms with E-state index in [1.54, 1.807) is 14.2 Å². The molecule has 1 aliphatic heterocycles. The van der Waals surface area contributed by atoms with Crippen LogP contribution in [0, 0.1) is 0 Å². The van der Waals surface area contributed by atoms with Gasteiger partial charge in [0.2, 0.25) is 5.88 Å². The van der Waals surface area contributed by atoms with E-state index in [1.165, 1.54) is 0 Å². The van der Waals surface area contributed by atoms with Crippen molar-refractivity contribution in [2.75, 3.05) is 50.6 Å². The van der Waals surface area contributed by atoms with E-state index < -0.39 is 0 Å². The van der Waals surface area contributed by atoms with Crippen LogP contribution in [0.1, 0.15) is 0 Å². The van der Waals surface area contributed by atoms with Crippen molar-refractivity contribution in [2.45, 2.75) is 0 Å². The average Bonchev–Trinajstić information content (AvgIpc) is 2.78. The van der Waals surface area contributed by atoms with Gasteiger partial charge in [-0.2, -0.15) is 0 Å². The van der Waals surface area contributed by atoms with Crippen LogP contribution in [0.4, 0.5) is 11.4 Å². The van der Waals surface area contributed by atoms with Crippen LogP contribution in [0.25, 0.3) is 10.9 Å². The molecule has 0 unspecified atom stereocenters. The molecular weight excluding hydrogens is 384 g/mol. The lowest BCUT2D eigenvalue weighted by molar-refractivity contribution is 0.381. The number of thiocarbonyl (C=S) groups is 1. The molecule has 0 aliphatic carbocycles. The van der Waals surface area contributed by atoms with Crippen LogP contribution in [-0.2, 0) is 0 Å². The molecule has 1 aromatic heterocycles. The lowest BCUT2D eigenvalue weighted by Gasteiger charge is -2.37. The van der Waals surface area contributed by atoms with Crippen molar-refractivity contribution in [2.24, 2.45) is 0 Å². The van der Waals surface area contributed by atoms with Crippen molar-refractivity contribution in [1.29, 1.82) is 0 Å². The third-order valence-electron chi connectivity index (χ3n) is 5.12. The summed E-state index contributed by atoms with van der Waals surface area (Å²) in [6.07, 6.45) is 0. The quantitative estimate of drug-likeness (QED) is 0.660. The molecular formula is C22H24N4O2S. The molecule has 150 valence electrons. The second-order valence-corrected chi connectivity index (χ2v) is 7.20. The Balaban J connectivity index is 1.45. The number of ether oxygens (including phenoxy) is 2. The summed E-state index contributed by atoms with van der Waals surface area (Å²) >= 11 is 5.68. The van der Waals surface area contributed by atoms with Crippen LogP contribution in [-0.4, -0.2) is 55.4 Å². The highest BCUT2D eigenvalue weighted by molar-refractivity contribution is 7.80. The molecule has 1 saturated heterocycles. The number of methoxy groups -OCH3 is 2. The van der Waals surface area contributed by atoms with Gasteiger partial charge in [0.15, 0.2) is 5.11 Å². The first-order valence-electron chi connectivity index (χ1n) is 9.57. The monoisotopic (exact) mass is 408 g/mol. The normalized spacial score (nSPS) is 14.0. The Morgan fingerprint density at radius 1 is 0.966 bits per heavy atom. The maximum Gasteiger partial charge on any atom is 0.238 e. The molecule has 3 aromatic rings. The van der Waals surface area contributed by atoms with E-state index in [9.17, 15) is 0 Å². The van der Waals surface area contributed by atoms with Crippen molar-refractivity contribution in [1.82, 2.24) is 9.88 Å². The van der Waals surface area contributed by atoms with Gasteiger partial charge in [-0.1, -0.05) is 30.3 Å². The largest absolute Gasteiger partial charge is 0.495 e. The summed E-state index contributed by atoms with van der Waals surface area (Å²) in [6, 6.07) is 18.1. The first kappa shape index (κ1) is 19.3. The molecule has 1 aliphatic rings. The summed E-state index contributed by atoms with van der Waals surface area (Å²) in [4.78, 5) is 9.08. The fraction of sp³-hybridized carbons (Fsp3) is 0.273. The lowest BCUT2D eigenvalue weighted by atomic mass is 10.2. The summed E-state index contributed by atoms with van der Waals surface area (Å²) in [5.74, 6) is 1.44. The molecule has 2 heterocycles. The lowest BCUT2D eigenvalue weighted by Crippen LogP contribution is -2.50. The molecule has 0 bridgehead atoms. The Hall–Kier alpha value is -3.06. The van der Waals surface area contributed by atoms with Crippen molar-refractivity contribution in [3.8, 4) is 11.6 Å². The van der Waals surface area contributed by atoms with E-state index in [4.69, 9.17) is 21.7 Å². The van der Waals surface area contributed by atoms with Crippen LogP contribution < -0.4 is 19.7 Å². The van der Waals surface area contributed by atoms with Gasteiger partial charge in [-0.3, -0.25) is 0 Å². The molecule has 0 radical (unpaired) electrons. The first-order valence-corrected chi connectivity index (χ1v) is 9.98. The van der Waals surface area contributed by atoms with Crippen molar-refractivity contribution < 1.29 is 9.47 Å². The SMILES string of the molecule is COc1ccccc1N1CCN(C(=S)Nc2cc3ccccc3nc2OC)CC1. The predicted octanol–water partition coefficient (Wildman–Crippen LogP) is 3.77. The zero-order chi connectivity index (χ0) is 20.2. The van der Waals surface area contributed by atoms with Crippen LogP contribution in [0.2, 0.25) is 0 Å². The number of hydrogen-bond acceptors (Lipinski definition) is 5. The minimum absolute atomic E-state index is 0.540. The van der Waals surface area contributed by atoms with Crippen molar-refractivity contribution >= 4 is 39.6 Å². The highest BCUT2D eigenvalue weighted by Gasteiger charge is 2.22. The molecule has 2 aromatic carbocycles. The number of aromatic nitrogens is 1. The third kappa shape index (κ3) is 4.05. The second-order valence-electron chi connectivity index (χ2n) is 6.81. The number of benzene rings is 2. The standard InChI is InChI=1S/C22H24N4O2S/c1-27-20-10-6-5-9-19(20)25-11-13-26(14-12-25)22(29)24-18-15-16-7-3-4-8-17(16)23-21(18)28-2/h3-10,15H,11-14H2,1-2H3,(H,24,29). The number of fused-ring (bicyclic) bond motifs is 1. The third-order valence-corrected chi connectivity index (χ3v) is 5.48.